The largest absolute Gasteiger partial charge is 0.229 e. The van der Waals surface area contributed by atoms with Crippen LogP contribution < -0.4 is 9.86 Å². The fourth-order valence-electron chi connectivity index (χ4n) is 1.45. The maximum absolute atomic E-state index is 11.7. The van der Waals surface area contributed by atoms with Crippen molar-refractivity contribution in [3.63, 3.8) is 0 Å². The highest BCUT2D eigenvalue weighted by Crippen LogP contribution is 2.07. The van der Waals surface area contributed by atoms with Crippen LogP contribution >= 0.6 is 0 Å². The molecule has 0 spiro atoms. The summed E-state index contributed by atoms with van der Waals surface area (Å²) in [6.45, 7) is 0.00897. The zero-order valence-corrected chi connectivity index (χ0v) is 12.2. The quantitative estimate of drug-likeness (QED) is 0.664. The Hall–Kier alpha value is -1.47. The van der Waals surface area contributed by atoms with E-state index in [0.717, 1.165) is 0 Å². The highest BCUT2D eigenvalue weighted by molar-refractivity contribution is 7.89. The van der Waals surface area contributed by atoms with Crippen LogP contribution in [0.3, 0.4) is 0 Å². The Morgan fingerprint density at radius 1 is 1.15 bits per heavy atom. The Morgan fingerprint density at radius 3 is 2.25 bits per heavy atom. The number of nitriles is 1. The van der Waals surface area contributed by atoms with Gasteiger partial charge in [-0.15, -0.1) is 0 Å². The van der Waals surface area contributed by atoms with E-state index in [1.165, 1.54) is 12.1 Å². The number of primary sulfonamides is 1. The molecule has 0 aliphatic rings. The number of nitrogens with two attached hydrogens (primary N) is 1. The number of rotatable bonds is 7. The van der Waals surface area contributed by atoms with Crippen molar-refractivity contribution in [2.45, 2.75) is 12.2 Å². The Kier molecular flexibility index (Phi) is 5.64. The van der Waals surface area contributed by atoms with E-state index in [2.05, 4.69) is 4.72 Å². The van der Waals surface area contributed by atoms with E-state index >= 15 is 0 Å². The van der Waals surface area contributed by atoms with Gasteiger partial charge in [0.15, 0.2) is 0 Å². The molecule has 0 aliphatic heterocycles. The molecule has 0 unspecified atom stereocenters. The van der Waals surface area contributed by atoms with Crippen molar-refractivity contribution in [1.29, 1.82) is 5.26 Å². The highest BCUT2D eigenvalue weighted by Gasteiger charge is 2.11. The lowest BCUT2D eigenvalue weighted by molar-refractivity contribution is 0.576. The SMILES string of the molecule is N#Cc1ccc(CS(=O)(=O)NCCCS(N)(=O)=O)cc1. The molecule has 0 aliphatic carbocycles. The topological polar surface area (TPSA) is 130 Å². The van der Waals surface area contributed by atoms with Gasteiger partial charge in [-0.05, 0) is 24.1 Å². The Balaban J connectivity index is 2.51. The molecule has 1 aromatic carbocycles. The van der Waals surface area contributed by atoms with Crippen molar-refractivity contribution in [1.82, 2.24) is 4.72 Å². The summed E-state index contributed by atoms with van der Waals surface area (Å²) in [5.41, 5.74) is 0.996. The second-order valence-electron chi connectivity index (χ2n) is 4.18. The van der Waals surface area contributed by atoms with Crippen molar-refractivity contribution in [3.8, 4) is 6.07 Å². The number of benzene rings is 1. The normalized spacial score (nSPS) is 12.0. The fourth-order valence-corrected chi connectivity index (χ4v) is 3.18. The van der Waals surface area contributed by atoms with E-state index in [9.17, 15) is 16.8 Å². The number of hydrogen-bond donors (Lipinski definition) is 2. The van der Waals surface area contributed by atoms with Crippen molar-refractivity contribution in [3.05, 3.63) is 35.4 Å². The standard InChI is InChI=1S/C11H15N3O4S2/c12-8-10-2-4-11(5-3-10)9-20(17,18)14-6-1-7-19(13,15)16/h2-5,14H,1,6-7,9H2,(H2,13,15,16). The predicted molar refractivity (Wildman–Crippen MR) is 74.4 cm³/mol. The molecule has 0 amide bonds. The average Bonchev–Trinajstić information content (AvgIpc) is 2.34. The molecule has 0 saturated carbocycles. The van der Waals surface area contributed by atoms with E-state index in [0.29, 0.717) is 11.1 Å². The zero-order valence-electron chi connectivity index (χ0n) is 10.6. The predicted octanol–water partition coefficient (Wildman–Crippen LogP) is -0.344. The molecule has 9 heteroatoms. The third-order valence-corrected chi connectivity index (χ3v) is 4.58. The fraction of sp³-hybridized carbons (Fsp3) is 0.364. The molecular weight excluding hydrogens is 302 g/mol. The van der Waals surface area contributed by atoms with Gasteiger partial charge in [0, 0.05) is 6.54 Å². The molecule has 3 N–H and O–H groups in total. The molecule has 0 bridgehead atoms. The van der Waals surface area contributed by atoms with Crippen LogP contribution in [-0.4, -0.2) is 29.1 Å². The molecule has 0 fully saturated rings. The number of nitrogens with zero attached hydrogens (tertiary/aromatic N) is 1. The van der Waals surface area contributed by atoms with Crippen LogP contribution in [0.25, 0.3) is 0 Å². The van der Waals surface area contributed by atoms with Gasteiger partial charge in [0.2, 0.25) is 20.0 Å². The molecule has 0 atom stereocenters. The van der Waals surface area contributed by atoms with Gasteiger partial charge in [-0.25, -0.2) is 26.7 Å². The first-order chi connectivity index (χ1) is 9.22. The Labute approximate surface area is 118 Å². The van der Waals surface area contributed by atoms with Gasteiger partial charge in [-0.3, -0.25) is 0 Å². The van der Waals surface area contributed by atoms with Crippen molar-refractivity contribution in [2.75, 3.05) is 12.3 Å². The van der Waals surface area contributed by atoms with Crippen molar-refractivity contribution in [2.24, 2.45) is 5.14 Å². The minimum absolute atomic E-state index is 0.00897. The second kappa shape index (κ2) is 6.81. The van der Waals surface area contributed by atoms with Crippen LogP contribution in [0.1, 0.15) is 17.5 Å². The molecule has 0 saturated heterocycles. The maximum Gasteiger partial charge on any atom is 0.215 e. The molecule has 1 rings (SSSR count). The number of hydrogen-bond acceptors (Lipinski definition) is 5. The lowest BCUT2D eigenvalue weighted by Gasteiger charge is -2.06. The van der Waals surface area contributed by atoms with Gasteiger partial charge in [0.25, 0.3) is 0 Å². The van der Waals surface area contributed by atoms with Crippen LogP contribution in [0.4, 0.5) is 0 Å². The van der Waals surface area contributed by atoms with Gasteiger partial charge in [-0.1, -0.05) is 12.1 Å². The molecule has 0 aromatic heterocycles. The van der Waals surface area contributed by atoms with E-state index < -0.39 is 20.0 Å². The van der Waals surface area contributed by atoms with Gasteiger partial charge >= 0.3 is 0 Å². The van der Waals surface area contributed by atoms with E-state index in [4.69, 9.17) is 10.4 Å². The summed E-state index contributed by atoms with van der Waals surface area (Å²) < 4.78 is 47.1. The molecule has 0 radical (unpaired) electrons. The summed E-state index contributed by atoms with van der Waals surface area (Å²) in [6, 6.07) is 8.12. The molecular formula is C11H15N3O4S2. The summed E-state index contributed by atoms with van der Waals surface area (Å²) in [7, 11) is -7.11. The third-order valence-electron chi connectivity index (χ3n) is 2.37. The second-order valence-corrected chi connectivity index (χ2v) is 7.72. The molecule has 0 heterocycles. The molecule has 1 aromatic rings. The Bertz CT molecular complexity index is 688. The van der Waals surface area contributed by atoms with Gasteiger partial charge in [0.05, 0.1) is 23.1 Å². The van der Waals surface area contributed by atoms with Gasteiger partial charge in [0.1, 0.15) is 0 Å². The summed E-state index contributed by atoms with van der Waals surface area (Å²) in [4.78, 5) is 0. The molecule has 20 heavy (non-hydrogen) atoms. The molecule has 7 nitrogen and oxygen atoms in total. The summed E-state index contributed by atoms with van der Waals surface area (Å²) >= 11 is 0. The van der Waals surface area contributed by atoms with Crippen LogP contribution in [0.2, 0.25) is 0 Å². The molecule has 110 valence electrons. The summed E-state index contributed by atoms with van der Waals surface area (Å²) in [5.74, 6) is -0.500. The number of sulfonamides is 2. The van der Waals surface area contributed by atoms with Crippen molar-refractivity contribution < 1.29 is 16.8 Å². The van der Waals surface area contributed by atoms with E-state index in [1.54, 1.807) is 12.1 Å². The minimum Gasteiger partial charge on any atom is -0.229 e. The van der Waals surface area contributed by atoms with Crippen molar-refractivity contribution >= 4 is 20.0 Å². The number of nitrogens with one attached hydrogen (secondary N) is 1. The first-order valence-corrected chi connectivity index (χ1v) is 9.05. The van der Waals surface area contributed by atoms with E-state index in [-0.39, 0.29) is 24.5 Å². The Morgan fingerprint density at radius 2 is 1.75 bits per heavy atom. The van der Waals surface area contributed by atoms with Crippen LogP contribution in [-0.2, 0) is 25.8 Å². The average molecular weight is 317 g/mol. The third kappa shape index (κ3) is 6.63. The highest BCUT2D eigenvalue weighted by atomic mass is 32.2. The first kappa shape index (κ1) is 16.6. The lowest BCUT2D eigenvalue weighted by Crippen LogP contribution is -2.28. The van der Waals surface area contributed by atoms with Crippen LogP contribution in [0.5, 0.6) is 0 Å². The van der Waals surface area contributed by atoms with E-state index in [1.807, 2.05) is 6.07 Å². The van der Waals surface area contributed by atoms with Crippen LogP contribution in [0, 0.1) is 11.3 Å². The van der Waals surface area contributed by atoms with Gasteiger partial charge in [-0.2, -0.15) is 5.26 Å². The monoisotopic (exact) mass is 317 g/mol. The smallest absolute Gasteiger partial charge is 0.215 e. The van der Waals surface area contributed by atoms with Gasteiger partial charge < -0.3 is 0 Å². The maximum atomic E-state index is 11.7. The summed E-state index contributed by atoms with van der Waals surface area (Å²) in [5, 5.41) is 13.4. The first-order valence-electron chi connectivity index (χ1n) is 5.69. The van der Waals surface area contributed by atoms with Crippen LogP contribution in [0.15, 0.2) is 24.3 Å². The zero-order chi connectivity index (χ0) is 15.2. The minimum atomic E-state index is -3.57. The summed E-state index contributed by atoms with van der Waals surface area (Å²) in [6.07, 6.45) is 0.117. The lowest BCUT2D eigenvalue weighted by atomic mass is 10.2.